The van der Waals surface area contributed by atoms with Crippen LogP contribution in [0.25, 0.3) is 10.9 Å². The number of ether oxygens (including phenoxy) is 1. The van der Waals surface area contributed by atoms with E-state index in [2.05, 4.69) is 10.3 Å². The summed E-state index contributed by atoms with van der Waals surface area (Å²) in [6.45, 7) is 6.27. The molecule has 140 valence electrons. The molecule has 0 atom stereocenters. The molecule has 1 aliphatic rings. The smallest absolute Gasteiger partial charge is 0.339 e. The fourth-order valence-electron chi connectivity index (χ4n) is 3.49. The van der Waals surface area contributed by atoms with Crippen molar-refractivity contribution in [1.82, 2.24) is 4.98 Å². The van der Waals surface area contributed by atoms with Crippen LogP contribution in [-0.4, -0.2) is 33.8 Å². The van der Waals surface area contributed by atoms with E-state index < -0.39 is 11.2 Å². The van der Waals surface area contributed by atoms with Gasteiger partial charge in [0.05, 0.1) is 16.7 Å². The third kappa shape index (κ3) is 4.52. The third-order valence-electron chi connectivity index (χ3n) is 4.81. The summed E-state index contributed by atoms with van der Waals surface area (Å²) >= 11 is 0. The lowest BCUT2D eigenvalue weighted by Gasteiger charge is -2.22. The molecule has 2 aromatic rings. The number of carbonyl (C=O) groups excluding carboxylic acids is 1. The minimum Gasteiger partial charge on any atom is -0.456 e. The van der Waals surface area contributed by atoms with Crippen molar-refractivity contribution in [1.29, 1.82) is 0 Å². The zero-order chi connectivity index (χ0) is 18.8. The maximum Gasteiger partial charge on any atom is 0.339 e. The average molecular weight is 356 g/mol. The van der Waals surface area contributed by atoms with Gasteiger partial charge in [0.15, 0.2) is 0 Å². The monoisotopic (exact) mass is 356 g/mol. The Hall–Kier alpha value is -2.14. The molecule has 3 rings (SSSR count). The normalized spacial score (nSPS) is 16.6. The van der Waals surface area contributed by atoms with E-state index in [4.69, 9.17) is 4.74 Å². The number of nitrogens with one attached hydrogen (secondary N) is 1. The van der Waals surface area contributed by atoms with Crippen molar-refractivity contribution in [2.75, 3.05) is 11.9 Å². The molecular weight excluding hydrogens is 328 g/mol. The van der Waals surface area contributed by atoms with Crippen LogP contribution >= 0.6 is 0 Å². The van der Waals surface area contributed by atoms with Crippen LogP contribution in [0.15, 0.2) is 30.5 Å². The number of esters is 1. The summed E-state index contributed by atoms with van der Waals surface area (Å²) in [4.78, 5) is 16.9. The number of rotatable bonds is 5. The molecule has 1 saturated carbocycles. The number of aromatic nitrogens is 1. The van der Waals surface area contributed by atoms with Crippen LogP contribution in [0.4, 0.5) is 5.69 Å². The molecule has 5 nitrogen and oxygen atoms in total. The van der Waals surface area contributed by atoms with E-state index >= 15 is 0 Å². The minimum absolute atomic E-state index is 0.345. The second-order valence-corrected chi connectivity index (χ2v) is 8.20. The molecule has 26 heavy (non-hydrogen) atoms. The molecule has 0 radical (unpaired) electrons. The molecule has 1 aromatic heterocycles. The molecule has 1 fully saturated rings. The second-order valence-electron chi connectivity index (χ2n) is 8.20. The van der Waals surface area contributed by atoms with Crippen LogP contribution < -0.4 is 5.32 Å². The van der Waals surface area contributed by atoms with Crippen molar-refractivity contribution in [3.8, 4) is 0 Å². The van der Waals surface area contributed by atoms with Crippen LogP contribution in [0.3, 0.4) is 0 Å². The summed E-state index contributed by atoms with van der Waals surface area (Å²) in [5, 5.41) is 14.6. The molecule has 1 heterocycles. The Morgan fingerprint density at radius 1 is 1.27 bits per heavy atom. The van der Waals surface area contributed by atoms with Crippen molar-refractivity contribution in [2.45, 2.75) is 64.1 Å². The van der Waals surface area contributed by atoms with Gasteiger partial charge in [0.1, 0.15) is 5.60 Å². The Kier molecular flexibility index (Phi) is 5.19. The second kappa shape index (κ2) is 7.23. The Balaban J connectivity index is 1.76. The lowest BCUT2D eigenvalue weighted by Crippen LogP contribution is -2.27. The van der Waals surface area contributed by atoms with E-state index in [-0.39, 0.29) is 5.97 Å². The SMILES string of the molecule is CC(C)(C)OC(=O)c1ccnc2ccc(NCCC3(O)CCCC3)cc12. The van der Waals surface area contributed by atoms with Crippen molar-refractivity contribution >= 4 is 22.6 Å². The maximum atomic E-state index is 12.5. The fraction of sp³-hybridized carbons (Fsp3) is 0.524. The first kappa shape index (κ1) is 18.6. The van der Waals surface area contributed by atoms with E-state index in [1.54, 1.807) is 12.3 Å². The topological polar surface area (TPSA) is 71.5 Å². The molecule has 1 aliphatic carbocycles. The van der Waals surface area contributed by atoms with E-state index in [0.717, 1.165) is 48.7 Å². The van der Waals surface area contributed by atoms with E-state index in [1.165, 1.54) is 0 Å². The molecule has 0 aliphatic heterocycles. The van der Waals surface area contributed by atoms with Gasteiger partial charge < -0.3 is 15.2 Å². The van der Waals surface area contributed by atoms with Gasteiger partial charge in [-0.05, 0) is 64.3 Å². The number of hydrogen-bond acceptors (Lipinski definition) is 5. The van der Waals surface area contributed by atoms with Gasteiger partial charge >= 0.3 is 5.97 Å². The average Bonchev–Trinajstić information content (AvgIpc) is 2.99. The van der Waals surface area contributed by atoms with Crippen LogP contribution in [0.1, 0.15) is 63.2 Å². The van der Waals surface area contributed by atoms with Gasteiger partial charge in [0, 0.05) is 23.8 Å². The number of pyridine rings is 1. The summed E-state index contributed by atoms with van der Waals surface area (Å²) in [6, 6.07) is 7.48. The summed E-state index contributed by atoms with van der Waals surface area (Å²) < 4.78 is 5.51. The van der Waals surface area contributed by atoms with Crippen LogP contribution in [0.5, 0.6) is 0 Å². The van der Waals surface area contributed by atoms with Gasteiger partial charge in [-0.25, -0.2) is 4.79 Å². The third-order valence-corrected chi connectivity index (χ3v) is 4.81. The molecule has 0 bridgehead atoms. The number of aliphatic hydroxyl groups is 1. The van der Waals surface area contributed by atoms with E-state index in [9.17, 15) is 9.90 Å². The molecule has 0 unspecified atom stereocenters. The quantitative estimate of drug-likeness (QED) is 0.782. The van der Waals surface area contributed by atoms with Gasteiger partial charge in [0.2, 0.25) is 0 Å². The van der Waals surface area contributed by atoms with E-state index in [0.29, 0.717) is 12.1 Å². The Morgan fingerprint density at radius 2 is 2.00 bits per heavy atom. The van der Waals surface area contributed by atoms with Gasteiger partial charge in [-0.2, -0.15) is 0 Å². The number of fused-ring (bicyclic) bond motifs is 1. The molecule has 5 heteroatoms. The van der Waals surface area contributed by atoms with Crippen molar-refractivity contribution in [3.05, 3.63) is 36.0 Å². The summed E-state index contributed by atoms with van der Waals surface area (Å²) in [6.07, 6.45) is 6.36. The van der Waals surface area contributed by atoms with Gasteiger partial charge in [-0.3, -0.25) is 4.98 Å². The van der Waals surface area contributed by atoms with Crippen molar-refractivity contribution in [3.63, 3.8) is 0 Å². The number of carbonyl (C=O) groups is 1. The first-order chi connectivity index (χ1) is 12.3. The summed E-state index contributed by atoms with van der Waals surface area (Å²) in [5.41, 5.74) is 1.13. The fourth-order valence-corrected chi connectivity index (χ4v) is 3.49. The zero-order valence-electron chi connectivity index (χ0n) is 15.8. The number of hydrogen-bond donors (Lipinski definition) is 2. The van der Waals surface area contributed by atoms with Crippen molar-refractivity contribution in [2.24, 2.45) is 0 Å². The highest BCUT2D eigenvalue weighted by atomic mass is 16.6. The van der Waals surface area contributed by atoms with Gasteiger partial charge in [-0.15, -0.1) is 0 Å². The molecule has 1 aromatic carbocycles. The first-order valence-electron chi connectivity index (χ1n) is 9.34. The van der Waals surface area contributed by atoms with Crippen LogP contribution in [0.2, 0.25) is 0 Å². The predicted molar refractivity (Wildman–Crippen MR) is 103 cm³/mol. The highest BCUT2D eigenvalue weighted by Gasteiger charge is 2.30. The Bertz CT molecular complexity index is 789. The summed E-state index contributed by atoms with van der Waals surface area (Å²) in [5.74, 6) is -0.345. The van der Waals surface area contributed by atoms with Crippen LogP contribution in [-0.2, 0) is 4.74 Å². The minimum atomic E-state index is -0.542. The highest BCUT2D eigenvalue weighted by Crippen LogP contribution is 2.32. The predicted octanol–water partition coefficient (Wildman–Crippen LogP) is 4.30. The number of anilines is 1. The molecular formula is C21H28N2O3. The number of benzene rings is 1. The Morgan fingerprint density at radius 3 is 2.69 bits per heavy atom. The lowest BCUT2D eigenvalue weighted by molar-refractivity contribution is 0.00716. The molecule has 0 amide bonds. The first-order valence-corrected chi connectivity index (χ1v) is 9.34. The Labute approximate surface area is 154 Å². The highest BCUT2D eigenvalue weighted by molar-refractivity contribution is 6.04. The molecule has 2 N–H and O–H groups in total. The maximum absolute atomic E-state index is 12.5. The van der Waals surface area contributed by atoms with Gasteiger partial charge in [-0.1, -0.05) is 12.8 Å². The largest absolute Gasteiger partial charge is 0.456 e. The van der Waals surface area contributed by atoms with E-state index in [1.807, 2.05) is 39.0 Å². The standard InChI is InChI=1S/C21H28N2O3/c1-20(2,3)26-19(24)16-8-12-23-18-7-6-15(14-17(16)18)22-13-11-21(25)9-4-5-10-21/h6-8,12,14,22,25H,4-5,9-11,13H2,1-3H3. The molecule has 0 spiro atoms. The van der Waals surface area contributed by atoms with Crippen LogP contribution in [0, 0.1) is 0 Å². The molecule has 0 saturated heterocycles. The van der Waals surface area contributed by atoms with Gasteiger partial charge in [0.25, 0.3) is 0 Å². The lowest BCUT2D eigenvalue weighted by atomic mass is 9.98. The summed E-state index contributed by atoms with van der Waals surface area (Å²) in [7, 11) is 0. The zero-order valence-corrected chi connectivity index (χ0v) is 15.8. The van der Waals surface area contributed by atoms with Crippen molar-refractivity contribution < 1.29 is 14.6 Å². The number of nitrogens with zero attached hydrogens (tertiary/aromatic N) is 1.